The van der Waals surface area contributed by atoms with Crippen LogP contribution in [0.3, 0.4) is 0 Å². The Balaban J connectivity index is 2.23. The van der Waals surface area contributed by atoms with E-state index in [9.17, 15) is 22.8 Å². The number of hydrogen-bond acceptors (Lipinski definition) is 5. The summed E-state index contributed by atoms with van der Waals surface area (Å²) < 4.78 is 48.1. The monoisotopic (exact) mass is 526 g/mol. The van der Waals surface area contributed by atoms with E-state index in [0.29, 0.717) is 30.1 Å². The maximum absolute atomic E-state index is 12.7. The fraction of sp³-hybridized carbons (Fsp3) is 0.292. The molecule has 194 valence electrons. The third kappa shape index (κ3) is 8.19. The van der Waals surface area contributed by atoms with Crippen LogP contribution in [0.2, 0.25) is 5.02 Å². The molecule has 8 nitrogen and oxygen atoms in total. The smallest absolute Gasteiger partial charge is 0.494 e. The fourth-order valence-corrected chi connectivity index (χ4v) is 3.28. The lowest BCUT2D eigenvalue weighted by molar-refractivity contribution is -0.303. The molecule has 1 aromatic carbocycles. The van der Waals surface area contributed by atoms with Gasteiger partial charge in [0.1, 0.15) is 17.3 Å². The van der Waals surface area contributed by atoms with Crippen molar-refractivity contribution in [1.82, 2.24) is 14.9 Å². The largest absolute Gasteiger partial charge is 0.573 e. The van der Waals surface area contributed by atoms with Gasteiger partial charge in [-0.05, 0) is 30.2 Å². The molecule has 0 bridgehead atoms. The Morgan fingerprint density at radius 1 is 1.31 bits per heavy atom. The molecule has 0 spiro atoms. The summed E-state index contributed by atoms with van der Waals surface area (Å²) in [6, 6.07) is 7.06. The van der Waals surface area contributed by atoms with E-state index in [-0.39, 0.29) is 30.4 Å². The number of halogens is 4. The van der Waals surface area contributed by atoms with Gasteiger partial charge in [-0.3, -0.25) is 9.59 Å². The van der Waals surface area contributed by atoms with E-state index in [0.717, 1.165) is 17.7 Å². The Morgan fingerprint density at radius 2 is 1.97 bits per heavy atom. The maximum atomic E-state index is 12.7. The van der Waals surface area contributed by atoms with Crippen molar-refractivity contribution in [3.05, 3.63) is 83.2 Å². The minimum absolute atomic E-state index is 0.0499. The van der Waals surface area contributed by atoms with Crippen LogP contribution in [0.5, 0.6) is 0 Å². The van der Waals surface area contributed by atoms with Gasteiger partial charge in [-0.15, -0.1) is 13.2 Å². The molecule has 0 aliphatic carbocycles. The van der Waals surface area contributed by atoms with Gasteiger partial charge in [0, 0.05) is 38.2 Å². The van der Waals surface area contributed by atoms with Gasteiger partial charge in [0.15, 0.2) is 11.5 Å². The maximum Gasteiger partial charge on any atom is 0.573 e. The molecule has 0 radical (unpaired) electrons. The second kappa shape index (κ2) is 12.8. The van der Waals surface area contributed by atoms with Gasteiger partial charge < -0.3 is 24.3 Å². The SMILES string of the molecule is C=C/C(=C\C(=C)OCCCc1nc(N(C)C=O)c(C(=O)NC)n1Cc1ccc(Cl)cc1)OC(F)(F)F. The summed E-state index contributed by atoms with van der Waals surface area (Å²) in [5.74, 6) is -0.345. The van der Waals surface area contributed by atoms with Gasteiger partial charge in [-0.1, -0.05) is 36.9 Å². The Labute approximate surface area is 211 Å². The second-order valence-corrected chi connectivity index (χ2v) is 7.86. The topological polar surface area (TPSA) is 85.7 Å². The Kier molecular flexibility index (Phi) is 10.2. The number of aryl methyl sites for hydroxylation is 1. The number of nitrogens with one attached hydrogen (secondary N) is 1. The molecular weight excluding hydrogens is 501 g/mol. The summed E-state index contributed by atoms with van der Waals surface area (Å²) in [5, 5.41) is 3.12. The summed E-state index contributed by atoms with van der Waals surface area (Å²) in [4.78, 5) is 29.8. The van der Waals surface area contributed by atoms with Crippen molar-refractivity contribution in [1.29, 1.82) is 0 Å². The number of anilines is 1. The van der Waals surface area contributed by atoms with Crippen LogP contribution in [0.15, 0.2) is 61.1 Å². The molecule has 0 aliphatic heterocycles. The number of aromatic nitrogens is 2. The zero-order valence-corrected chi connectivity index (χ0v) is 20.5. The summed E-state index contributed by atoms with van der Waals surface area (Å²) in [6.45, 7) is 7.20. The van der Waals surface area contributed by atoms with Crippen molar-refractivity contribution in [2.45, 2.75) is 25.7 Å². The normalized spacial score (nSPS) is 11.6. The molecule has 0 aliphatic rings. The first-order valence-electron chi connectivity index (χ1n) is 10.6. The van der Waals surface area contributed by atoms with Crippen LogP contribution < -0.4 is 10.2 Å². The highest BCUT2D eigenvalue weighted by molar-refractivity contribution is 6.30. The van der Waals surface area contributed by atoms with Crippen LogP contribution in [-0.4, -0.2) is 48.9 Å². The summed E-state index contributed by atoms with van der Waals surface area (Å²) in [5.41, 5.74) is 1.05. The number of ether oxygens (including phenoxy) is 2. The van der Waals surface area contributed by atoms with E-state index in [2.05, 4.69) is 28.2 Å². The lowest BCUT2D eigenvalue weighted by Gasteiger charge is -2.14. The highest BCUT2D eigenvalue weighted by Crippen LogP contribution is 2.24. The number of amides is 2. The van der Waals surface area contributed by atoms with Gasteiger partial charge in [-0.2, -0.15) is 0 Å². The van der Waals surface area contributed by atoms with Crippen molar-refractivity contribution in [2.24, 2.45) is 0 Å². The van der Waals surface area contributed by atoms with Crippen molar-refractivity contribution < 1.29 is 32.2 Å². The van der Waals surface area contributed by atoms with Crippen LogP contribution in [0.1, 0.15) is 28.3 Å². The Hall–Kier alpha value is -3.73. The zero-order valence-electron chi connectivity index (χ0n) is 19.8. The highest BCUT2D eigenvalue weighted by atomic mass is 35.5. The predicted molar refractivity (Wildman–Crippen MR) is 129 cm³/mol. The number of benzene rings is 1. The molecule has 0 fully saturated rings. The molecule has 12 heteroatoms. The van der Waals surface area contributed by atoms with Gasteiger partial charge in [0.05, 0.1) is 6.61 Å². The number of imidazole rings is 1. The van der Waals surface area contributed by atoms with E-state index >= 15 is 0 Å². The van der Waals surface area contributed by atoms with E-state index < -0.39 is 18.0 Å². The molecule has 36 heavy (non-hydrogen) atoms. The minimum atomic E-state index is -4.86. The zero-order chi connectivity index (χ0) is 26.9. The van der Waals surface area contributed by atoms with Gasteiger partial charge in [-0.25, -0.2) is 4.98 Å². The third-order valence-electron chi connectivity index (χ3n) is 4.79. The van der Waals surface area contributed by atoms with Crippen molar-refractivity contribution in [3.8, 4) is 0 Å². The molecular formula is C24H26ClF3N4O4. The number of allylic oxidation sites excluding steroid dienone is 2. The highest BCUT2D eigenvalue weighted by Gasteiger charge is 2.31. The molecule has 2 rings (SSSR count). The second-order valence-electron chi connectivity index (χ2n) is 7.43. The van der Waals surface area contributed by atoms with Crippen molar-refractivity contribution >= 4 is 29.7 Å². The lowest BCUT2D eigenvalue weighted by Crippen LogP contribution is -2.26. The van der Waals surface area contributed by atoms with Crippen LogP contribution in [-0.2, 0) is 27.2 Å². The average Bonchev–Trinajstić information content (AvgIpc) is 3.18. The molecule has 0 atom stereocenters. The summed E-state index contributed by atoms with van der Waals surface area (Å²) >= 11 is 5.97. The van der Waals surface area contributed by atoms with Crippen LogP contribution in [0.4, 0.5) is 19.0 Å². The first-order valence-corrected chi connectivity index (χ1v) is 11.0. The molecule has 0 saturated carbocycles. The number of alkyl halides is 3. The molecule has 2 aromatic rings. The summed E-state index contributed by atoms with van der Waals surface area (Å²) in [7, 11) is 2.96. The molecule has 0 saturated heterocycles. The van der Waals surface area contributed by atoms with Gasteiger partial charge in [0.25, 0.3) is 5.91 Å². The molecule has 1 N–H and O–H groups in total. The lowest BCUT2D eigenvalue weighted by atomic mass is 10.2. The van der Waals surface area contributed by atoms with E-state index in [1.54, 1.807) is 16.7 Å². The predicted octanol–water partition coefficient (Wildman–Crippen LogP) is 4.61. The number of carbonyl (C=O) groups excluding carboxylic acids is 2. The molecule has 2 amide bonds. The number of hydrogen-bond donors (Lipinski definition) is 1. The average molecular weight is 527 g/mol. The molecule has 0 unspecified atom stereocenters. The minimum Gasteiger partial charge on any atom is -0.494 e. The van der Waals surface area contributed by atoms with E-state index in [1.807, 2.05) is 12.1 Å². The van der Waals surface area contributed by atoms with Crippen LogP contribution >= 0.6 is 11.6 Å². The van der Waals surface area contributed by atoms with Crippen molar-refractivity contribution in [3.63, 3.8) is 0 Å². The quantitative estimate of drug-likeness (QED) is 0.178. The molecule has 1 heterocycles. The third-order valence-corrected chi connectivity index (χ3v) is 5.04. The van der Waals surface area contributed by atoms with Crippen LogP contribution in [0, 0.1) is 0 Å². The van der Waals surface area contributed by atoms with Gasteiger partial charge in [0.2, 0.25) is 6.41 Å². The van der Waals surface area contributed by atoms with E-state index in [1.165, 1.54) is 19.0 Å². The fourth-order valence-electron chi connectivity index (χ4n) is 3.15. The Bertz CT molecular complexity index is 1130. The van der Waals surface area contributed by atoms with E-state index in [4.69, 9.17) is 16.3 Å². The first kappa shape index (κ1) is 28.5. The van der Waals surface area contributed by atoms with Crippen molar-refractivity contribution in [2.75, 3.05) is 25.6 Å². The van der Waals surface area contributed by atoms with Gasteiger partial charge >= 0.3 is 6.36 Å². The Morgan fingerprint density at radius 3 is 2.53 bits per heavy atom. The first-order chi connectivity index (χ1) is 17.0. The summed E-state index contributed by atoms with van der Waals surface area (Å²) in [6.07, 6.45) is -1.74. The number of rotatable bonds is 13. The standard InChI is InChI=1S/C24H26ClF3N4O4/c1-5-19(36-24(26,27)28)13-16(2)35-12-6-7-20-30-22(31(4)15-33)21(23(34)29-3)32(20)14-17-8-10-18(25)11-9-17/h5,8-11,13,15H,1-2,6-7,12,14H2,3-4H3,(H,29,34)/b19-13+. The van der Waals surface area contributed by atoms with Crippen LogP contribution in [0.25, 0.3) is 0 Å². The number of nitrogens with zero attached hydrogens (tertiary/aromatic N) is 3. The number of carbonyl (C=O) groups is 2. The molecule has 1 aromatic heterocycles.